The Balaban J connectivity index is 3.49. The third-order valence-corrected chi connectivity index (χ3v) is 4.98. The molecule has 0 spiro atoms. The molecule has 0 heterocycles. The molecule has 0 atom stereocenters. The maximum absolute atomic E-state index is 5.90. The fourth-order valence-electron chi connectivity index (χ4n) is 2.69. The summed E-state index contributed by atoms with van der Waals surface area (Å²) in [6.07, 6.45) is 22.4. The largest absolute Gasteiger partial charge is 0.353 e. The molecule has 0 aliphatic carbocycles. The Bertz CT molecular complexity index is 259. The smallest absolute Gasteiger partial charge is 0.157 e. The van der Waals surface area contributed by atoms with Gasteiger partial charge in [0.2, 0.25) is 0 Å². The van der Waals surface area contributed by atoms with E-state index in [1.165, 1.54) is 75.1 Å². The molecule has 0 aromatic carbocycles. The first-order valence-electron chi connectivity index (χ1n) is 10.8. The molecule has 0 radical (unpaired) electrons. The highest BCUT2D eigenvalue weighted by atomic mass is 127. The SMILES string of the molecule is CCCCOC(CCCCCCCCC/C=C\CCI)OCCCC. The lowest BCUT2D eigenvalue weighted by Gasteiger charge is -2.18. The van der Waals surface area contributed by atoms with Crippen LogP contribution in [0.25, 0.3) is 0 Å². The van der Waals surface area contributed by atoms with Gasteiger partial charge in [0.25, 0.3) is 0 Å². The monoisotopic (exact) mass is 466 g/mol. The number of unbranched alkanes of at least 4 members (excludes halogenated alkanes) is 9. The van der Waals surface area contributed by atoms with E-state index in [-0.39, 0.29) is 6.29 Å². The highest BCUT2D eigenvalue weighted by molar-refractivity contribution is 14.1. The van der Waals surface area contributed by atoms with Gasteiger partial charge >= 0.3 is 0 Å². The van der Waals surface area contributed by atoms with E-state index >= 15 is 0 Å². The summed E-state index contributed by atoms with van der Waals surface area (Å²) in [5.41, 5.74) is 0. The van der Waals surface area contributed by atoms with Crippen LogP contribution in [0.4, 0.5) is 0 Å². The lowest BCUT2D eigenvalue weighted by molar-refractivity contribution is -0.147. The molecule has 0 aromatic rings. The van der Waals surface area contributed by atoms with Gasteiger partial charge in [0, 0.05) is 17.6 Å². The molecule has 0 saturated carbocycles. The first-order chi connectivity index (χ1) is 12.3. The zero-order chi connectivity index (χ0) is 18.4. The molecule has 3 heteroatoms. The van der Waals surface area contributed by atoms with E-state index in [0.29, 0.717) is 0 Å². The average Bonchev–Trinajstić information content (AvgIpc) is 2.62. The third kappa shape index (κ3) is 20.6. The summed E-state index contributed by atoms with van der Waals surface area (Å²) in [4.78, 5) is 0. The average molecular weight is 466 g/mol. The molecule has 0 saturated heterocycles. The first-order valence-corrected chi connectivity index (χ1v) is 12.3. The Morgan fingerprint density at radius 1 is 0.680 bits per heavy atom. The van der Waals surface area contributed by atoms with Crippen LogP contribution in [-0.4, -0.2) is 23.9 Å². The van der Waals surface area contributed by atoms with Crippen molar-refractivity contribution in [2.24, 2.45) is 0 Å². The lowest BCUT2D eigenvalue weighted by Crippen LogP contribution is -2.18. The van der Waals surface area contributed by atoms with Crippen molar-refractivity contribution >= 4 is 22.6 Å². The van der Waals surface area contributed by atoms with Crippen LogP contribution in [0.3, 0.4) is 0 Å². The fourth-order valence-corrected chi connectivity index (χ4v) is 3.05. The van der Waals surface area contributed by atoms with Gasteiger partial charge in [-0.15, -0.1) is 0 Å². The molecule has 0 bridgehead atoms. The Morgan fingerprint density at radius 2 is 1.20 bits per heavy atom. The second-order valence-electron chi connectivity index (χ2n) is 6.88. The van der Waals surface area contributed by atoms with Gasteiger partial charge in [-0.05, 0) is 44.9 Å². The molecule has 0 aliphatic rings. The van der Waals surface area contributed by atoms with Gasteiger partial charge < -0.3 is 9.47 Å². The normalized spacial score (nSPS) is 11.8. The molecule has 0 unspecified atom stereocenters. The number of hydrogen-bond acceptors (Lipinski definition) is 2. The van der Waals surface area contributed by atoms with Crippen molar-refractivity contribution in [3.8, 4) is 0 Å². The number of rotatable bonds is 20. The molecule has 0 rings (SSSR count). The van der Waals surface area contributed by atoms with Crippen molar-refractivity contribution in [3.63, 3.8) is 0 Å². The summed E-state index contributed by atoms with van der Waals surface area (Å²) in [7, 11) is 0. The van der Waals surface area contributed by atoms with Crippen LogP contribution >= 0.6 is 22.6 Å². The molecule has 25 heavy (non-hydrogen) atoms. The standard InChI is InChI=1S/C22H43IO2/c1-3-5-20-24-22(25-21-6-4-2)18-16-14-12-10-8-7-9-11-13-15-17-19-23/h13,15,22H,3-12,14,16-21H2,1-2H3/b15-13-. The van der Waals surface area contributed by atoms with Gasteiger partial charge in [-0.1, -0.05) is 93.5 Å². The summed E-state index contributed by atoms with van der Waals surface area (Å²) in [5.74, 6) is 0. The van der Waals surface area contributed by atoms with Gasteiger partial charge in [-0.3, -0.25) is 0 Å². The lowest BCUT2D eigenvalue weighted by atomic mass is 10.1. The van der Waals surface area contributed by atoms with Gasteiger partial charge in [0.05, 0.1) is 0 Å². The Hall–Kier alpha value is 0.390. The predicted octanol–water partition coefficient (Wildman–Crippen LogP) is 7.84. The van der Waals surface area contributed by atoms with Gasteiger partial charge in [-0.2, -0.15) is 0 Å². The summed E-state index contributed by atoms with van der Waals surface area (Å²) < 4.78 is 13.0. The molecule has 0 amide bonds. The molecule has 0 aliphatic heterocycles. The van der Waals surface area contributed by atoms with E-state index in [2.05, 4.69) is 48.6 Å². The Labute approximate surface area is 171 Å². The van der Waals surface area contributed by atoms with E-state index in [9.17, 15) is 0 Å². The van der Waals surface area contributed by atoms with Crippen LogP contribution in [-0.2, 0) is 9.47 Å². The number of halogens is 1. The second kappa shape index (κ2) is 22.4. The van der Waals surface area contributed by atoms with E-state index in [1.54, 1.807) is 0 Å². The molecule has 0 N–H and O–H groups in total. The van der Waals surface area contributed by atoms with Crippen LogP contribution in [0.2, 0.25) is 0 Å². The molecule has 2 nitrogen and oxygen atoms in total. The van der Waals surface area contributed by atoms with Gasteiger partial charge in [-0.25, -0.2) is 0 Å². The van der Waals surface area contributed by atoms with Crippen LogP contribution in [0.5, 0.6) is 0 Å². The van der Waals surface area contributed by atoms with Gasteiger partial charge in [0.15, 0.2) is 6.29 Å². The second-order valence-corrected chi connectivity index (χ2v) is 7.96. The Morgan fingerprint density at radius 3 is 1.76 bits per heavy atom. The molecular weight excluding hydrogens is 423 g/mol. The predicted molar refractivity (Wildman–Crippen MR) is 120 cm³/mol. The highest BCUT2D eigenvalue weighted by Crippen LogP contribution is 2.13. The quantitative estimate of drug-likeness (QED) is 0.0598. The van der Waals surface area contributed by atoms with Crippen LogP contribution < -0.4 is 0 Å². The number of alkyl halides is 1. The van der Waals surface area contributed by atoms with E-state index in [1.807, 2.05) is 0 Å². The van der Waals surface area contributed by atoms with E-state index in [4.69, 9.17) is 9.47 Å². The number of ether oxygens (including phenoxy) is 2. The minimum atomic E-state index is 0.0347. The molecule has 0 aromatic heterocycles. The first kappa shape index (κ1) is 25.4. The van der Waals surface area contributed by atoms with E-state index < -0.39 is 0 Å². The van der Waals surface area contributed by atoms with Crippen LogP contribution in [0.15, 0.2) is 12.2 Å². The van der Waals surface area contributed by atoms with Crippen molar-refractivity contribution in [2.75, 3.05) is 17.6 Å². The number of hydrogen-bond donors (Lipinski definition) is 0. The fraction of sp³-hybridized carbons (Fsp3) is 0.909. The van der Waals surface area contributed by atoms with Crippen LogP contribution in [0.1, 0.15) is 104 Å². The van der Waals surface area contributed by atoms with Crippen molar-refractivity contribution < 1.29 is 9.47 Å². The Kier molecular flexibility index (Phi) is 22.8. The summed E-state index contributed by atoms with van der Waals surface area (Å²) in [6.45, 7) is 6.11. The number of allylic oxidation sites excluding steroid dienone is 2. The maximum Gasteiger partial charge on any atom is 0.157 e. The van der Waals surface area contributed by atoms with Crippen molar-refractivity contribution in [1.82, 2.24) is 0 Å². The molecule has 0 fully saturated rings. The van der Waals surface area contributed by atoms with Crippen LogP contribution in [0, 0.1) is 0 Å². The van der Waals surface area contributed by atoms with Crippen molar-refractivity contribution in [1.29, 1.82) is 0 Å². The van der Waals surface area contributed by atoms with Crippen molar-refractivity contribution in [3.05, 3.63) is 12.2 Å². The van der Waals surface area contributed by atoms with Gasteiger partial charge in [0.1, 0.15) is 0 Å². The summed E-state index contributed by atoms with van der Waals surface area (Å²) in [5, 5.41) is 0. The summed E-state index contributed by atoms with van der Waals surface area (Å²) in [6, 6.07) is 0. The zero-order valence-electron chi connectivity index (χ0n) is 16.9. The van der Waals surface area contributed by atoms with Crippen molar-refractivity contribution in [2.45, 2.75) is 110 Å². The molecule has 150 valence electrons. The van der Waals surface area contributed by atoms with E-state index in [0.717, 1.165) is 32.5 Å². The summed E-state index contributed by atoms with van der Waals surface area (Å²) >= 11 is 2.43. The minimum Gasteiger partial charge on any atom is -0.353 e. The molecular formula is C22H43IO2. The maximum atomic E-state index is 5.90. The third-order valence-electron chi connectivity index (χ3n) is 4.36. The zero-order valence-corrected chi connectivity index (χ0v) is 19.1. The minimum absolute atomic E-state index is 0.0347. The highest BCUT2D eigenvalue weighted by Gasteiger charge is 2.08. The topological polar surface area (TPSA) is 18.5 Å².